The maximum Gasteiger partial charge on any atom is 0.255 e. The van der Waals surface area contributed by atoms with Gasteiger partial charge in [0.05, 0.1) is 24.8 Å². The monoisotopic (exact) mass is 418 g/mol. The molecule has 0 bridgehead atoms. The molecule has 1 saturated heterocycles. The van der Waals surface area contributed by atoms with E-state index in [4.69, 9.17) is 9.47 Å². The van der Waals surface area contributed by atoms with Gasteiger partial charge in [0.25, 0.3) is 5.91 Å². The highest BCUT2D eigenvalue weighted by Crippen LogP contribution is 2.30. The fraction of sp³-hybridized carbons (Fsp3) is 0.381. The average molecular weight is 419 g/mol. The van der Waals surface area contributed by atoms with E-state index in [0.29, 0.717) is 29.3 Å². The number of carbonyl (C=O) groups is 1. The van der Waals surface area contributed by atoms with Crippen molar-refractivity contribution >= 4 is 21.6 Å². The number of anilines is 1. The van der Waals surface area contributed by atoms with Crippen LogP contribution in [0, 0.1) is 0 Å². The van der Waals surface area contributed by atoms with Crippen molar-refractivity contribution in [1.82, 2.24) is 4.31 Å². The topological polar surface area (TPSA) is 84.9 Å². The molecule has 156 valence electrons. The summed E-state index contributed by atoms with van der Waals surface area (Å²) in [7, 11) is -0.509. The maximum atomic E-state index is 12.9. The lowest BCUT2D eigenvalue weighted by Gasteiger charge is -2.32. The second-order valence-electron chi connectivity index (χ2n) is 7.01. The summed E-state index contributed by atoms with van der Waals surface area (Å²) < 4.78 is 37.8. The van der Waals surface area contributed by atoms with Gasteiger partial charge in [0, 0.05) is 24.2 Å². The summed E-state index contributed by atoms with van der Waals surface area (Å²) in [6.07, 6.45) is 2.78. The van der Waals surface area contributed by atoms with E-state index in [9.17, 15) is 13.2 Å². The van der Waals surface area contributed by atoms with Crippen LogP contribution in [0.4, 0.5) is 5.69 Å². The number of benzene rings is 2. The standard InChI is InChI=1S/C21H26N2O5S/c1-15-6-4-5-13-23(15)29(25,26)18-10-7-16(8-11-18)21(24)22-19-12-9-17(27-2)14-20(19)28-3/h7-12,14-15H,4-6,13H2,1-3H3,(H,22,24)/t15-/m0/s1. The van der Waals surface area contributed by atoms with Gasteiger partial charge in [0.1, 0.15) is 11.5 Å². The highest BCUT2D eigenvalue weighted by atomic mass is 32.2. The third kappa shape index (κ3) is 4.54. The fourth-order valence-electron chi connectivity index (χ4n) is 3.44. The highest BCUT2D eigenvalue weighted by molar-refractivity contribution is 7.89. The first kappa shape index (κ1) is 21.1. The quantitative estimate of drug-likeness (QED) is 0.776. The summed E-state index contributed by atoms with van der Waals surface area (Å²) in [6, 6.07) is 11.1. The Labute approximate surface area is 171 Å². The Hall–Kier alpha value is -2.58. The molecule has 0 unspecified atom stereocenters. The molecule has 1 amide bonds. The van der Waals surface area contributed by atoms with E-state index < -0.39 is 10.0 Å². The number of nitrogens with one attached hydrogen (secondary N) is 1. The van der Waals surface area contributed by atoms with E-state index in [0.717, 1.165) is 19.3 Å². The Balaban J connectivity index is 1.77. The highest BCUT2D eigenvalue weighted by Gasteiger charge is 2.30. The van der Waals surface area contributed by atoms with Gasteiger partial charge in [0.15, 0.2) is 0 Å². The predicted octanol–water partition coefficient (Wildman–Crippen LogP) is 3.52. The van der Waals surface area contributed by atoms with E-state index in [2.05, 4.69) is 5.32 Å². The number of nitrogens with zero attached hydrogens (tertiary/aromatic N) is 1. The molecule has 1 aliphatic rings. The number of piperidine rings is 1. The summed E-state index contributed by atoms with van der Waals surface area (Å²) in [4.78, 5) is 12.8. The Morgan fingerprint density at radius 1 is 1.07 bits per heavy atom. The average Bonchev–Trinajstić information content (AvgIpc) is 2.74. The molecular weight excluding hydrogens is 392 g/mol. The van der Waals surface area contributed by atoms with Gasteiger partial charge in [-0.05, 0) is 56.2 Å². The molecule has 1 heterocycles. The largest absolute Gasteiger partial charge is 0.497 e. The Bertz CT molecular complexity index is 973. The Kier molecular flexibility index (Phi) is 6.44. The van der Waals surface area contributed by atoms with E-state index >= 15 is 0 Å². The molecule has 2 aromatic rings. The molecule has 0 saturated carbocycles. The molecule has 1 atom stereocenters. The van der Waals surface area contributed by atoms with Gasteiger partial charge in [-0.25, -0.2) is 8.42 Å². The molecule has 1 fully saturated rings. The predicted molar refractivity (Wildman–Crippen MR) is 111 cm³/mol. The lowest BCUT2D eigenvalue weighted by atomic mass is 10.1. The zero-order valence-electron chi connectivity index (χ0n) is 16.8. The van der Waals surface area contributed by atoms with Gasteiger partial charge in [-0.2, -0.15) is 4.31 Å². The first-order valence-corrected chi connectivity index (χ1v) is 11.0. The van der Waals surface area contributed by atoms with E-state index in [1.807, 2.05) is 6.92 Å². The van der Waals surface area contributed by atoms with Gasteiger partial charge in [-0.3, -0.25) is 4.79 Å². The minimum absolute atomic E-state index is 0.0146. The number of carbonyl (C=O) groups excluding carboxylic acids is 1. The van der Waals surface area contributed by atoms with Crippen molar-refractivity contribution in [3.63, 3.8) is 0 Å². The van der Waals surface area contributed by atoms with Crippen LogP contribution in [0.2, 0.25) is 0 Å². The third-order valence-corrected chi connectivity index (χ3v) is 7.15. The number of methoxy groups -OCH3 is 2. The summed E-state index contributed by atoms with van der Waals surface area (Å²) in [5.41, 5.74) is 0.852. The Morgan fingerprint density at radius 3 is 2.41 bits per heavy atom. The van der Waals surface area contributed by atoms with E-state index in [1.54, 1.807) is 29.6 Å². The van der Waals surface area contributed by atoms with Crippen molar-refractivity contribution in [2.24, 2.45) is 0 Å². The first-order valence-electron chi connectivity index (χ1n) is 9.52. The lowest BCUT2D eigenvalue weighted by molar-refractivity contribution is 0.102. The molecule has 7 nitrogen and oxygen atoms in total. The molecule has 0 aliphatic carbocycles. The first-order chi connectivity index (χ1) is 13.9. The van der Waals surface area contributed by atoms with Crippen LogP contribution in [0.15, 0.2) is 47.4 Å². The fourth-order valence-corrected chi connectivity index (χ4v) is 5.14. The van der Waals surface area contributed by atoms with Gasteiger partial charge in [-0.15, -0.1) is 0 Å². The van der Waals surface area contributed by atoms with Gasteiger partial charge in [0.2, 0.25) is 10.0 Å². The van der Waals surface area contributed by atoms with Crippen LogP contribution < -0.4 is 14.8 Å². The second-order valence-corrected chi connectivity index (χ2v) is 8.90. The van der Waals surface area contributed by atoms with Crippen LogP contribution in [0.3, 0.4) is 0 Å². The van der Waals surface area contributed by atoms with Crippen LogP contribution >= 0.6 is 0 Å². The number of rotatable bonds is 6. The molecule has 1 aliphatic heterocycles. The van der Waals surface area contributed by atoms with Crippen molar-refractivity contribution in [3.05, 3.63) is 48.0 Å². The molecular formula is C21H26N2O5S. The zero-order valence-corrected chi connectivity index (χ0v) is 17.7. The molecule has 2 aromatic carbocycles. The van der Waals surface area contributed by atoms with Gasteiger partial charge in [-0.1, -0.05) is 6.42 Å². The molecule has 3 rings (SSSR count). The molecule has 0 spiro atoms. The maximum absolute atomic E-state index is 12.9. The normalized spacial score (nSPS) is 17.6. The number of ether oxygens (including phenoxy) is 2. The molecule has 29 heavy (non-hydrogen) atoms. The minimum atomic E-state index is -3.56. The number of hydrogen-bond acceptors (Lipinski definition) is 5. The number of hydrogen-bond donors (Lipinski definition) is 1. The SMILES string of the molecule is COc1ccc(NC(=O)c2ccc(S(=O)(=O)N3CCCC[C@@H]3C)cc2)c(OC)c1. The number of amides is 1. The summed E-state index contributed by atoms with van der Waals surface area (Å²) in [6.45, 7) is 2.46. The smallest absolute Gasteiger partial charge is 0.255 e. The summed E-state index contributed by atoms with van der Waals surface area (Å²) >= 11 is 0. The molecule has 0 radical (unpaired) electrons. The van der Waals surface area contributed by atoms with Crippen molar-refractivity contribution < 1.29 is 22.7 Å². The number of sulfonamides is 1. The molecule has 8 heteroatoms. The van der Waals surface area contributed by atoms with Gasteiger partial charge >= 0.3 is 0 Å². The van der Waals surface area contributed by atoms with E-state index in [1.165, 1.54) is 31.4 Å². The van der Waals surface area contributed by atoms with Crippen molar-refractivity contribution in [1.29, 1.82) is 0 Å². The van der Waals surface area contributed by atoms with Crippen molar-refractivity contribution in [2.75, 3.05) is 26.1 Å². The second kappa shape index (κ2) is 8.84. The zero-order chi connectivity index (χ0) is 21.0. The van der Waals surface area contributed by atoms with Crippen LogP contribution in [-0.2, 0) is 10.0 Å². The summed E-state index contributed by atoms with van der Waals surface area (Å²) in [5.74, 6) is 0.723. The van der Waals surface area contributed by atoms with Crippen molar-refractivity contribution in [3.8, 4) is 11.5 Å². The van der Waals surface area contributed by atoms with Crippen LogP contribution in [0.1, 0.15) is 36.5 Å². The Morgan fingerprint density at radius 2 is 1.79 bits per heavy atom. The van der Waals surface area contributed by atoms with Crippen LogP contribution in [-0.4, -0.2) is 45.4 Å². The lowest BCUT2D eigenvalue weighted by Crippen LogP contribution is -2.41. The molecule has 0 aromatic heterocycles. The van der Waals surface area contributed by atoms with Crippen LogP contribution in [0.5, 0.6) is 11.5 Å². The van der Waals surface area contributed by atoms with Crippen molar-refractivity contribution in [2.45, 2.75) is 37.1 Å². The van der Waals surface area contributed by atoms with Crippen LogP contribution in [0.25, 0.3) is 0 Å². The molecule has 1 N–H and O–H groups in total. The summed E-state index contributed by atoms with van der Waals surface area (Å²) in [5, 5.41) is 2.78. The minimum Gasteiger partial charge on any atom is -0.497 e. The third-order valence-electron chi connectivity index (χ3n) is 5.12. The van der Waals surface area contributed by atoms with E-state index in [-0.39, 0.29) is 16.8 Å². The van der Waals surface area contributed by atoms with Gasteiger partial charge < -0.3 is 14.8 Å².